The highest BCUT2D eigenvalue weighted by molar-refractivity contribution is 9.10. The number of hydrogen-bond acceptors (Lipinski definition) is 4. The summed E-state index contributed by atoms with van der Waals surface area (Å²) in [6.07, 6.45) is 5.11. The maximum absolute atomic E-state index is 11.2. The van der Waals surface area contributed by atoms with Crippen LogP contribution in [0.25, 0.3) is 0 Å². The zero-order valence-corrected chi connectivity index (χ0v) is 12.8. The Morgan fingerprint density at radius 1 is 1.56 bits per heavy atom. The molecule has 5 heteroatoms. The summed E-state index contributed by atoms with van der Waals surface area (Å²) in [4.78, 5) is 10.8. The Labute approximate surface area is 118 Å². The number of ether oxygens (including phenoxy) is 1. The SMILES string of the molecule is CCC1CCC(O)(CNCC(Br)C(=O)OC)CC1. The summed E-state index contributed by atoms with van der Waals surface area (Å²) in [5.41, 5.74) is -0.603. The highest BCUT2D eigenvalue weighted by atomic mass is 79.9. The van der Waals surface area contributed by atoms with Crippen LogP contribution in [0.5, 0.6) is 0 Å². The minimum Gasteiger partial charge on any atom is -0.468 e. The van der Waals surface area contributed by atoms with E-state index in [-0.39, 0.29) is 10.8 Å². The Kier molecular flexibility index (Phi) is 6.60. The predicted molar refractivity (Wildman–Crippen MR) is 74.8 cm³/mol. The van der Waals surface area contributed by atoms with Gasteiger partial charge >= 0.3 is 5.97 Å². The normalized spacial score (nSPS) is 29.9. The van der Waals surface area contributed by atoms with Gasteiger partial charge in [0.05, 0.1) is 12.7 Å². The molecule has 0 heterocycles. The van der Waals surface area contributed by atoms with Crippen molar-refractivity contribution in [3.05, 3.63) is 0 Å². The zero-order chi connectivity index (χ0) is 13.6. The number of nitrogens with one attached hydrogen (secondary N) is 1. The lowest BCUT2D eigenvalue weighted by molar-refractivity contribution is -0.139. The van der Waals surface area contributed by atoms with Gasteiger partial charge in [-0.1, -0.05) is 29.3 Å². The van der Waals surface area contributed by atoms with Crippen LogP contribution >= 0.6 is 15.9 Å². The van der Waals surface area contributed by atoms with Crippen LogP contribution in [0.2, 0.25) is 0 Å². The monoisotopic (exact) mass is 321 g/mol. The molecule has 4 nitrogen and oxygen atoms in total. The van der Waals surface area contributed by atoms with E-state index in [9.17, 15) is 9.90 Å². The van der Waals surface area contributed by atoms with Crippen molar-refractivity contribution >= 4 is 21.9 Å². The van der Waals surface area contributed by atoms with Gasteiger partial charge in [0.15, 0.2) is 0 Å². The Morgan fingerprint density at radius 2 is 2.17 bits per heavy atom. The van der Waals surface area contributed by atoms with Gasteiger partial charge in [-0.05, 0) is 31.6 Å². The fourth-order valence-corrected chi connectivity index (χ4v) is 2.86. The number of esters is 1. The molecule has 0 bridgehead atoms. The number of carbonyl (C=O) groups is 1. The van der Waals surface area contributed by atoms with Crippen LogP contribution in [-0.2, 0) is 9.53 Å². The number of methoxy groups -OCH3 is 1. The lowest BCUT2D eigenvalue weighted by Crippen LogP contribution is -2.45. The molecule has 1 unspecified atom stereocenters. The number of aliphatic hydroxyl groups is 1. The zero-order valence-electron chi connectivity index (χ0n) is 11.2. The van der Waals surface area contributed by atoms with E-state index < -0.39 is 5.60 Å². The highest BCUT2D eigenvalue weighted by Gasteiger charge is 2.32. The van der Waals surface area contributed by atoms with E-state index in [0.717, 1.165) is 31.6 Å². The van der Waals surface area contributed by atoms with E-state index >= 15 is 0 Å². The molecule has 18 heavy (non-hydrogen) atoms. The van der Waals surface area contributed by atoms with Crippen LogP contribution in [0.3, 0.4) is 0 Å². The standard InChI is InChI=1S/C13H24BrNO3/c1-3-10-4-6-13(17,7-5-10)9-15-8-11(14)12(16)18-2/h10-11,15,17H,3-9H2,1-2H3. The lowest BCUT2D eigenvalue weighted by atomic mass is 9.78. The second-order valence-corrected chi connectivity index (χ2v) is 6.30. The summed E-state index contributed by atoms with van der Waals surface area (Å²) in [5, 5.41) is 13.5. The van der Waals surface area contributed by atoms with Crippen molar-refractivity contribution < 1.29 is 14.6 Å². The first kappa shape index (κ1) is 15.9. The molecule has 0 aromatic carbocycles. The third kappa shape index (κ3) is 4.86. The number of hydrogen-bond donors (Lipinski definition) is 2. The summed E-state index contributed by atoms with van der Waals surface area (Å²) in [6.45, 7) is 3.23. The molecule has 1 fully saturated rings. The summed E-state index contributed by atoms with van der Waals surface area (Å²) < 4.78 is 4.62. The van der Waals surface area contributed by atoms with Crippen LogP contribution < -0.4 is 5.32 Å². The lowest BCUT2D eigenvalue weighted by Gasteiger charge is -2.36. The van der Waals surface area contributed by atoms with E-state index in [4.69, 9.17) is 0 Å². The molecule has 0 amide bonds. The fourth-order valence-electron chi connectivity index (χ4n) is 2.44. The van der Waals surface area contributed by atoms with E-state index in [2.05, 4.69) is 32.9 Å². The van der Waals surface area contributed by atoms with Gasteiger partial charge in [-0.25, -0.2) is 0 Å². The molecule has 1 aliphatic rings. The van der Waals surface area contributed by atoms with Crippen LogP contribution in [0, 0.1) is 5.92 Å². The van der Waals surface area contributed by atoms with Crippen molar-refractivity contribution in [2.75, 3.05) is 20.2 Å². The Bertz CT molecular complexity index is 265. The van der Waals surface area contributed by atoms with Crippen molar-refractivity contribution in [3.8, 4) is 0 Å². The van der Waals surface area contributed by atoms with Crippen molar-refractivity contribution in [1.82, 2.24) is 5.32 Å². The van der Waals surface area contributed by atoms with Gasteiger partial charge in [0, 0.05) is 13.1 Å². The molecule has 0 aliphatic heterocycles. The number of halogens is 1. The van der Waals surface area contributed by atoms with Gasteiger partial charge in [-0.2, -0.15) is 0 Å². The number of carbonyl (C=O) groups excluding carboxylic acids is 1. The van der Waals surface area contributed by atoms with Gasteiger partial charge in [-0.3, -0.25) is 4.79 Å². The minimum absolute atomic E-state index is 0.288. The van der Waals surface area contributed by atoms with Gasteiger partial charge in [-0.15, -0.1) is 0 Å². The average molecular weight is 322 g/mol. The first-order valence-electron chi connectivity index (χ1n) is 6.65. The van der Waals surface area contributed by atoms with E-state index in [1.165, 1.54) is 13.5 Å². The fraction of sp³-hybridized carbons (Fsp3) is 0.923. The van der Waals surface area contributed by atoms with E-state index in [1.807, 2.05) is 0 Å². The number of alkyl halides is 1. The summed E-state index contributed by atoms with van der Waals surface area (Å²) in [5.74, 6) is 0.480. The second kappa shape index (κ2) is 7.46. The van der Waals surface area contributed by atoms with E-state index in [0.29, 0.717) is 13.1 Å². The second-order valence-electron chi connectivity index (χ2n) is 5.20. The molecule has 0 radical (unpaired) electrons. The minimum atomic E-state index is -0.603. The third-order valence-electron chi connectivity index (χ3n) is 3.85. The molecule has 0 saturated heterocycles. The van der Waals surface area contributed by atoms with Crippen molar-refractivity contribution in [2.24, 2.45) is 5.92 Å². The van der Waals surface area contributed by atoms with Crippen molar-refractivity contribution in [2.45, 2.75) is 49.5 Å². The topological polar surface area (TPSA) is 58.6 Å². The molecule has 0 spiro atoms. The van der Waals surface area contributed by atoms with Crippen LogP contribution in [0.1, 0.15) is 39.0 Å². The largest absolute Gasteiger partial charge is 0.468 e. The Hall–Kier alpha value is -0.130. The van der Waals surface area contributed by atoms with Crippen molar-refractivity contribution in [1.29, 1.82) is 0 Å². The van der Waals surface area contributed by atoms with Gasteiger partial charge < -0.3 is 15.2 Å². The molecule has 0 aromatic rings. The third-order valence-corrected chi connectivity index (χ3v) is 4.55. The van der Waals surface area contributed by atoms with E-state index in [1.54, 1.807) is 0 Å². The summed E-state index contributed by atoms with van der Waals surface area (Å²) in [7, 11) is 1.37. The molecular formula is C13H24BrNO3. The van der Waals surface area contributed by atoms with Gasteiger partial charge in [0.25, 0.3) is 0 Å². The Balaban J connectivity index is 2.24. The number of rotatable bonds is 6. The molecule has 1 aliphatic carbocycles. The average Bonchev–Trinajstić information content (AvgIpc) is 2.38. The van der Waals surface area contributed by atoms with Crippen LogP contribution in [0.15, 0.2) is 0 Å². The van der Waals surface area contributed by atoms with Gasteiger partial charge in [0.1, 0.15) is 4.83 Å². The first-order valence-corrected chi connectivity index (χ1v) is 7.57. The highest BCUT2D eigenvalue weighted by Crippen LogP contribution is 2.33. The maximum atomic E-state index is 11.2. The Morgan fingerprint density at radius 3 is 2.67 bits per heavy atom. The summed E-state index contributed by atoms with van der Waals surface area (Å²) >= 11 is 3.25. The molecular weight excluding hydrogens is 298 g/mol. The molecule has 1 saturated carbocycles. The molecule has 2 N–H and O–H groups in total. The molecule has 0 aromatic heterocycles. The predicted octanol–water partition coefficient (Wildman–Crippen LogP) is 1.84. The van der Waals surface area contributed by atoms with Crippen molar-refractivity contribution in [3.63, 3.8) is 0 Å². The summed E-state index contributed by atoms with van der Waals surface area (Å²) in [6, 6.07) is 0. The molecule has 1 atom stereocenters. The molecule has 106 valence electrons. The molecule has 1 rings (SSSR count). The van der Waals surface area contributed by atoms with Gasteiger partial charge in [0.2, 0.25) is 0 Å². The maximum Gasteiger partial charge on any atom is 0.320 e. The van der Waals surface area contributed by atoms with Crippen LogP contribution in [-0.4, -0.2) is 41.7 Å². The smallest absolute Gasteiger partial charge is 0.320 e. The first-order chi connectivity index (χ1) is 8.50. The van der Waals surface area contributed by atoms with Crippen LogP contribution in [0.4, 0.5) is 0 Å². The quantitative estimate of drug-likeness (QED) is 0.579.